The van der Waals surface area contributed by atoms with Crippen molar-refractivity contribution in [2.45, 2.75) is 31.4 Å². The average Bonchev–Trinajstić information content (AvgIpc) is 3.20. The maximum Gasteiger partial charge on any atom is 0.260 e. The van der Waals surface area contributed by atoms with E-state index >= 15 is 0 Å². The quantitative estimate of drug-likeness (QED) is 0.742. The minimum absolute atomic E-state index is 0.00670. The second kappa shape index (κ2) is 9.71. The number of anilines is 1. The van der Waals surface area contributed by atoms with Crippen LogP contribution in [0.5, 0.6) is 5.75 Å². The van der Waals surface area contributed by atoms with Crippen LogP contribution in [0.2, 0.25) is 0 Å². The first-order chi connectivity index (χ1) is 15.0. The van der Waals surface area contributed by atoms with E-state index in [0.717, 1.165) is 49.4 Å². The number of hydrogen-bond donors (Lipinski definition) is 1. The van der Waals surface area contributed by atoms with Crippen molar-refractivity contribution in [2.24, 2.45) is 0 Å². The summed E-state index contributed by atoms with van der Waals surface area (Å²) in [7, 11) is 3.93. The molecule has 1 amide bonds. The van der Waals surface area contributed by atoms with Crippen LogP contribution in [0, 0.1) is 0 Å². The lowest BCUT2D eigenvalue weighted by Gasteiger charge is -2.32. The molecule has 2 heterocycles. The number of likely N-dealkylation sites (tertiary alicyclic amines) is 1. The Kier molecular flexibility index (Phi) is 6.78. The molecule has 1 N–H and O–H groups in total. The largest absolute Gasteiger partial charge is 0.482 e. The standard InChI is InChI=1S/C25H33N3O3/c1-26-14-7-11-20-10-6-12-23(25(20)26)31-18-24(30)27(2)22(19-8-4-3-5-9-19)17-28-15-13-21(29)16-28/h3-6,8-10,12,21-22,29H,7,11,13-18H2,1-2H3. The molecule has 31 heavy (non-hydrogen) atoms. The van der Waals surface area contributed by atoms with E-state index in [1.54, 1.807) is 4.90 Å². The van der Waals surface area contributed by atoms with Gasteiger partial charge in [-0.1, -0.05) is 42.5 Å². The fraction of sp³-hybridized carbons (Fsp3) is 0.480. The summed E-state index contributed by atoms with van der Waals surface area (Å²) in [6, 6.07) is 16.1. The van der Waals surface area contributed by atoms with Crippen LogP contribution in [-0.2, 0) is 11.2 Å². The van der Waals surface area contributed by atoms with Gasteiger partial charge in [-0.25, -0.2) is 0 Å². The average molecular weight is 424 g/mol. The smallest absolute Gasteiger partial charge is 0.260 e. The van der Waals surface area contributed by atoms with E-state index in [1.165, 1.54) is 5.56 Å². The van der Waals surface area contributed by atoms with Crippen LogP contribution in [0.1, 0.15) is 30.0 Å². The third-order valence-electron chi connectivity index (χ3n) is 6.48. The number of fused-ring (bicyclic) bond motifs is 1. The summed E-state index contributed by atoms with van der Waals surface area (Å²) in [6.45, 7) is 3.22. The summed E-state index contributed by atoms with van der Waals surface area (Å²) in [4.78, 5) is 19.4. The fourth-order valence-electron chi connectivity index (χ4n) is 4.70. The molecular formula is C25H33N3O3. The summed E-state index contributed by atoms with van der Waals surface area (Å²) in [5.41, 5.74) is 3.48. The molecule has 0 saturated carbocycles. The van der Waals surface area contributed by atoms with Crippen molar-refractivity contribution in [1.29, 1.82) is 0 Å². The predicted octanol–water partition coefficient (Wildman–Crippen LogP) is 2.71. The molecule has 0 spiro atoms. The molecule has 2 atom stereocenters. The third-order valence-corrected chi connectivity index (χ3v) is 6.48. The van der Waals surface area contributed by atoms with Gasteiger partial charge in [0.25, 0.3) is 5.91 Å². The lowest BCUT2D eigenvalue weighted by Crippen LogP contribution is -2.41. The Morgan fingerprint density at radius 1 is 1.19 bits per heavy atom. The molecule has 166 valence electrons. The van der Waals surface area contributed by atoms with Crippen molar-refractivity contribution in [1.82, 2.24) is 9.80 Å². The summed E-state index contributed by atoms with van der Waals surface area (Å²) in [5, 5.41) is 9.91. The number of para-hydroxylation sites is 1. The molecule has 4 rings (SSSR count). The van der Waals surface area contributed by atoms with E-state index in [0.29, 0.717) is 13.1 Å². The van der Waals surface area contributed by atoms with Crippen LogP contribution < -0.4 is 9.64 Å². The van der Waals surface area contributed by atoms with Gasteiger partial charge in [0.2, 0.25) is 0 Å². The van der Waals surface area contributed by atoms with E-state index in [4.69, 9.17) is 4.74 Å². The number of carbonyl (C=O) groups excluding carboxylic acids is 1. The van der Waals surface area contributed by atoms with Crippen molar-refractivity contribution in [2.75, 3.05) is 51.8 Å². The lowest BCUT2D eigenvalue weighted by atomic mass is 10.0. The van der Waals surface area contributed by atoms with Crippen molar-refractivity contribution < 1.29 is 14.6 Å². The molecule has 1 saturated heterocycles. The summed E-state index contributed by atoms with van der Waals surface area (Å²) < 4.78 is 6.04. The van der Waals surface area contributed by atoms with E-state index < -0.39 is 0 Å². The zero-order valence-corrected chi connectivity index (χ0v) is 18.5. The van der Waals surface area contributed by atoms with Crippen LogP contribution in [0.15, 0.2) is 48.5 Å². The molecule has 2 aliphatic heterocycles. The third kappa shape index (κ3) is 5.02. The second-order valence-corrected chi connectivity index (χ2v) is 8.71. The normalized spacial score (nSPS) is 19.7. The van der Waals surface area contributed by atoms with Crippen LogP contribution in [0.4, 0.5) is 5.69 Å². The fourth-order valence-corrected chi connectivity index (χ4v) is 4.70. The highest BCUT2D eigenvalue weighted by atomic mass is 16.5. The van der Waals surface area contributed by atoms with Crippen molar-refractivity contribution >= 4 is 11.6 Å². The van der Waals surface area contributed by atoms with Crippen LogP contribution in [0.3, 0.4) is 0 Å². The lowest BCUT2D eigenvalue weighted by molar-refractivity contribution is -0.134. The Morgan fingerprint density at radius 3 is 2.74 bits per heavy atom. The number of amides is 1. The van der Waals surface area contributed by atoms with E-state index in [-0.39, 0.29) is 24.7 Å². The first kappa shape index (κ1) is 21.7. The number of β-amino-alcohol motifs (C(OH)–C–C–N with tert-alkyl or cyclic N) is 1. The summed E-state index contributed by atoms with van der Waals surface area (Å²) in [6.07, 6.45) is 2.69. The molecule has 1 fully saturated rings. The number of rotatable bonds is 7. The second-order valence-electron chi connectivity index (χ2n) is 8.71. The molecule has 0 aromatic heterocycles. The van der Waals surface area contributed by atoms with Gasteiger partial charge in [-0.3, -0.25) is 9.69 Å². The first-order valence-corrected chi connectivity index (χ1v) is 11.2. The number of hydrogen-bond acceptors (Lipinski definition) is 5. The summed E-state index contributed by atoms with van der Waals surface area (Å²) >= 11 is 0. The van der Waals surface area contributed by atoms with Gasteiger partial charge >= 0.3 is 0 Å². The number of nitrogens with zero attached hydrogens (tertiary/aromatic N) is 3. The van der Waals surface area contributed by atoms with Gasteiger partial charge < -0.3 is 19.6 Å². The molecule has 2 aromatic carbocycles. The van der Waals surface area contributed by atoms with Gasteiger partial charge in [-0.15, -0.1) is 0 Å². The zero-order chi connectivity index (χ0) is 21.8. The predicted molar refractivity (Wildman–Crippen MR) is 123 cm³/mol. The van der Waals surface area contributed by atoms with E-state index in [2.05, 4.69) is 35.0 Å². The molecule has 6 nitrogen and oxygen atoms in total. The van der Waals surface area contributed by atoms with Gasteiger partial charge in [0.05, 0.1) is 17.8 Å². The summed E-state index contributed by atoms with van der Waals surface area (Å²) in [5.74, 6) is 0.727. The monoisotopic (exact) mass is 423 g/mol. The van der Waals surface area contributed by atoms with E-state index in [9.17, 15) is 9.90 Å². The van der Waals surface area contributed by atoms with E-state index in [1.807, 2.05) is 37.4 Å². The molecule has 2 unspecified atom stereocenters. The van der Waals surface area contributed by atoms with Gasteiger partial charge in [-0.2, -0.15) is 0 Å². The number of aryl methyl sites for hydroxylation is 1. The molecule has 2 aliphatic rings. The topological polar surface area (TPSA) is 56.2 Å². The van der Waals surface area contributed by atoms with Gasteiger partial charge in [0.1, 0.15) is 5.75 Å². The highest BCUT2D eigenvalue weighted by Gasteiger charge is 2.28. The number of aliphatic hydroxyl groups is 1. The molecule has 0 bridgehead atoms. The number of ether oxygens (including phenoxy) is 1. The van der Waals surface area contributed by atoms with Crippen LogP contribution >= 0.6 is 0 Å². The molecular weight excluding hydrogens is 390 g/mol. The number of benzene rings is 2. The van der Waals surface area contributed by atoms with Crippen molar-refractivity contribution in [3.63, 3.8) is 0 Å². The van der Waals surface area contributed by atoms with Crippen molar-refractivity contribution in [3.05, 3.63) is 59.7 Å². The zero-order valence-electron chi connectivity index (χ0n) is 18.5. The SMILES string of the molecule is CN1CCCc2cccc(OCC(=O)N(C)C(CN3CCC(O)C3)c3ccccc3)c21. The van der Waals surface area contributed by atoms with Gasteiger partial charge in [0.15, 0.2) is 6.61 Å². The Hall–Kier alpha value is -2.57. The van der Waals surface area contributed by atoms with Crippen molar-refractivity contribution in [3.8, 4) is 5.75 Å². The maximum atomic E-state index is 13.1. The number of likely N-dealkylation sites (N-methyl/N-ethyl adjacent to an activating group) is 1. The minimum Gasteiger partial charge on any atom is -0.482 e. The minimum atomic E-state index is -0.276. The van der Waals surface area contributed by atoms with Crippen LogP contribution in [-0.4, -0.2) is 73.8 Å². The maximum absolute atomic E-state index is 13.1. The Morgan fingerprint density at radius 2 is 2.00 bits per heavy atom. The molecule has 6 heteroatoms. The van der Waals surface area contributed by atoms with Gasteiger partial charge in [-0.05, 0) is 36.5 Å². The van der Waals surface area contributed by atoms with Gasteiger partial charge in [0, 0.05) is 40.3 Å². The highest BCUT2D eigenvalue weighted by molar-refractivity contribution is 5.78. The Bertz CT molecular complexity index is 889. The Labute approximate surface area is 185 Å². The number of aliphatic hydroxyl groups excluding tert-OH is 1. The van der Waals surface area contributed by atoms with Crippen LogP contribution in [0.25, 0.3) is 0 Å². The molecule has 0 aliphatic carbocycles. The molecule has 0 radical (unpaired) electrons. The number of carbonyl (C=O) groups is 1. The Balaban J connectivity index is 1.46. The highest BCUT2D eigenvalue weighted by Crippen LogP contribution is 2.35. The first-order valence-electron chi connectivity index (χ1n) is 11.2. The molecule has 2 aromatic rings.